The molecule has 0 heterocycles. The number of hydrogen-bond acceptors (Lipinski definition) is 3. The van der Waals surface area contributed by atoms with Gasteiger partial charge in [0.25, 0.3) is 0 Å². The van der Waals surface area contributed by atoms with Crippen LogP contribution in [0.15, 0.2) is 54.6 Å². The summed E-state index contributed by atoms with van der Waals surface area (Å²) in [6.45, 7) is 0.311. The third-order valence-corrected chi connectivity index (χ3v) is 2.83. The molecule has 6 heteroatoms. The average molecular weight is 298 g/mol. The van der Waals surface area contributed by atoms with Crippen molar-refractivity contribution in [3.63, 3.8) is 0 Å². The van der Waals surface area contributed by atoms with Crippen molar-refractivity contribution in [2.45, 2.75) is 6.42 Å². The first-order chi connectivity index (χ1) is 10.7. The van der Waals surface area contributed by atoms with E-state index < -0.39 is 0 Å². The van der Waals surface area contributed by atoms with Gasteiger partial charge >= 0.3 is 6.03 Å². The first-order valence-corrected chi connectivity index (χ1v) is 6.90. The van der Waals surface area contributed by atoms with Crippen molar-refractivity contribution in [3.05, 3.63) is 54.6 Å². The monoisotopic (exact) mass is 298 g/mol. The van der Waals surface area contributed by atoms with E-state index in [1.54, 1.807) is 36.4 Å². The highest BCUT2D eigenvalue weighted by Crippen LogP contribution is 2.14. The van der Waals surface area contributed by atoms with Crippen molar-refractivity contribution in [1.82, 2.24) is 0 Å². The zero-order chi connectivity index (χ0) is 15.8. The molecule has 114 valence electrons. The van der Waals surface area contributed by atoms with Gasteiger partial charge in [0.05, 0.1) is 0 Å². The molecule has 2 aromatic rings. The molecule has 0 fully saturated rings. The van der Waals surface area contributed by atoms with Crippen molar-refractivity contribution in [2.24, 2.45) is 5.73 Å². The van der Waals surface area contributed by atoms with E-state index in [9.17, 15) is 9.59 Å². The predicted molar refractivity (Wildman–Crippen MR) is 87.8 cm³/mol. The minimum absolute atomic E-state index is 0.134. The molecular formula is C16H18N4O2. The second-order valence-electron chi connectivity index (χ2n) is 4.61. The molecule has 2 aromatic carbocycles. The van der Waals surface area contributed by atoms with Gasteiger partial charge in [0.1, 0.15) is 0 Å². The molecule has 6 nitrogen and oxygen atoms in total. The molecule has 0 aliphatic carbocycles. The molecule has 0 aliphatic heterocycles. The highest BCUT2D eigenvalue weighted by atomic mass is 16.2. The van der Waals surface area contributed by atoms with Gasteiger partial charge in [0, 0.05) is 30.0 Å². The molecule has 22 heavy (non-hydrogen) atoms. The van der Waals surface area contributed by atoms with E-state index in [0.29, 0.717) is 23.6 Å². The van der Waals surface area contributed by atoms with E-state index in [4.69, 9.17) is 5.73 Å². The number of carbonyl (C=O) groups excluding carboxylic acids is 2. The lowest BCUT2D eigenvalue weighted by Crippen LogP contribution is -2.19. The molecule has 0 bridgehead atoms. The van der Waals surface area contributed by atoms with Crippen LogP contribution in [0, 0.1) is 0 Å². The van der Waals surface area contributed by atoms with Gasteiger partial charge in [-0.3, -0.25) is 4.79 Å². The second-order valence-corrected chi connectivity index (χ2v) is 4.61. The number of rotatable bonds is 5. The smallest absolute Gasteiger partial charge is 0.323 e. The van der Waals surface area contributed by atoms with Gasteiger partial charge in [0.15, 0.2) is 0 Å². The lowest BCUT2D eigenvalue weighted by Gasteiger charge is -2.09. The Morgan fingerprint density at radius 1 is 0.773 bits per heavy atom. The van der Waals surface area contributed by atoms with E-state index in [-0.39, 0.29) is 18.4 Å². The third-order valence-electron chi connectivity index (χ3n) is 2.83. The highest BCUT2D eigenvalue weighted by Gasteiger charge is 2.04. The molecule has 0 saturated heterocycles. The van der Waals surface area contributed by atoms with E-state index in [1.165, 1.54) is 0 Å². The molecular weight excluding hydrogens is 280 g/mol. The predicted octanol–water partition coefficient (Wildman–Crippen LogP) is 2.62. The van der Waals surface area contributed by atoms with Gasteiger partial charge in [0.2, 0.25) is 5.91 Å². The van der Waals surface area contributed by atoms with Gasteiger partial charge < -0.3 is 21.7 Å². The summed E-state index contributed by atoms with van der Waals surface area (Å²) in [4.78, 5) is 23.2. The summed E-state index contributed by atoms with van der Waals surface area (Å²) < 4.78 is 0. The number of hydrogen-bond donors (Lipinski definition) is 4. The maximum Gasteiger partial charge on any atom is 0.323 e. The van der Waals surface area contributed by atoms with E-state index in [1.807, 2.05) is 18.2 Å². The number of nitrogens with two attached hydrogens (primary N) is 1. The Bertz CT molecular complexity index is 626. The van der Waals surface area contributed by atoms with Gasteiger partial charge in [-0.05, 0) is 36.4 Å². The molecule has 5 N–H and O–H groups in total. The highest BCUT2D eigenvalue weighted by molar-refractivity contribution is 6.00. The number of benzene rings is 2. The molecule has 0 unspecified atom stereocenters. The standard InChI is InChI=1S/C16H18N4O2/c17-11-10-15(21)18-13-6-8-14(9-7-13)20-16(22)19-12-4-2-1-3-5-12/h1-9H,10-11,17H2,(H,18,21)(H2,19,20,22). The van der Waals surface area contributed by atoms with Crippen LogP contribution in [-0.4, -0.2) is 18.5 Å². The van der Waals surface area contributed by atoms with Crippen LogP contribution in [0.5, 0.6) is 0 Å². The normalized spacial score (nSPS) is 9.86. The molecule has 0 atom stereocenters. The maximum atomic E-state index is 11.8. The van der Waals surface area contributed by atoms with Gasteiger partial charge in [-0.2, -0.15) is 0 Å². The fraction of sp³-hybridized carbons (Fsp3) is 0.125. The lowest BCUT2D eigenvalue weighted by molar-refractivity contribution is -0.116. The zero-order valence-corrected chi connectivity index (χ0v) is 12.0. The van der Waals surface area contributed by atoms with Crippen LogP contribution in [0.2, 0.25) is 0 Å². The Balaban J connectivity index is 1.88. The molecule has 3 amide bonds. The number of amides is 3. The van der Waals surface area contributed by atoms with Crippen LogP contribution in [0.4, 0.5) is 21.9 Å². The van der Waals surface area contributed by atoms with Crippen LogP contribution >= 0.6 is 0 Å². The van der Waals surface area contributed by atoms with Crippen LogP contribution in [0.1, 0.15) is 6.42 Å². The van der Waals surface area contributed by atoms with Crippen molar-refractivity contribution < 1.29 is 9.59 Å². The van der Waals surface area contributed by atoms with Gasteiger partial charge in [-0.1, -0.05) is 18.2 Å². The molecule has 0 saturated carbocycles. The van der Waals surface area contributed by atoms with Crippen LogP contribution < -0.4 is 21.7 Å². The van der Waals surface area contributed by atoms with Crippen molar-refractivity contribution in [2.75, 3.05) is 22.5 Å². The molecule has 0 aliphatic rings. The fourth-order valence-electron chi connectivity index (χ4n) is 1.81. The summed E-state index contributed by atoms with van der Waals surface area (Å²) in [5, 5.41) is 8.15. The minimum atomic E-state index is -0.328. The Labute approximate surface area is 128 Å². The van der Waals surface area contributed by atoms with Crippen LogP contribution in [0.3, 0.4) is 0 Å². The van der Waals surface area contributed by atoms with Crippen molar-refractivity contribution >= 4 is 29.0 Å². The molecule has 0 radical (unpaired) electrons. The van der Waals surface area contributed by atoms with Crippen molar-refractivity contribution in [3.8, 4) is 0 Å². The Kier molecular flexibility index (Phi) is 5.50. The Hall–Kier alpha value is -2.86. The van der Waals surface area contributed by atoms with E-state index in [0.717, 1.165) is 0 Å². The fourth-order valence-corrected chi connectivity index (χ4v) is 1.81. The zero-order valence-electron chi connectivity index (χ0n) is 12.0. The van der Waals surface area contributed by atoms with Gasteiger partial charge in [-0.25, -0.2) is 4.79 Å². The average Bonchev–Trinajstić information content (AvgIpc) is 2.50. The topological polar surface area (TPSA) is 96.2 Å². The van der Waals surface area contributed by atoms with E-state index in [2.05, 4.69) is 16.0 Å². The summed E-state index contributed by atoms with van der Waals surface area (Å²) in [5.74, 6) is -0.134. The summed E-state index contributed by atoms with van der Waals surface area (Å²) in [6, 6.07) is 15.7. The number of para-hydroxylation sites is 1. The quantitative estimate of drug-likeness (QED) is 0.683. The maximum absolute atomic E-state index is 11.8. The summed E-state index contributed by atoms with van der Waals surface area (Å²) >= 11 is 0. The largest absolute Gasteiger partial charge is 0.330 e. The molecule has 2 rings (SSSR count). The summed E-state index contributed by atoms with van der Waals surface area (Å²) in [5.41, 5.74) is 7.31. The molecule has 0 spiro atoms. The SMILES string of the molecule is NCCC(=O)Nc1ccc(NC(=O)Nc2ccccc2)cc1. The minimum Gasteiger partial charge on any atom is -0.330 e. The summed E-state index contributed by atoms with van der Waals surface area (Å²) in [6.07, 6.45) is 0.277. The Morgan fingerprint density at radius 2 is 1.27 bits per heavy atom. The number of nitrogens with one attached hydrogen (secondary N) is 3. The first kappa shape index (κ1) is 15.5. The third kappa shape index (κ3) is 4.92. The van der Waals surface area contributed by atoms with E-state index >= 15 is 0 Å². The van der Waals surface area contributed by atoms with Gasteiger partial charge in [-0.15, -0.1) is 0 Å². The number of anilines is 3. The number of urea groups is 1. The molecule has 0 aromatic heterocycles. The second kappa shape index (κ2) is 7.80. The van der Waals surface area contributed by atoms with Crippen molar-refractivity contribution in [1.29, 1.82) is 0 Å². The first-order valence-electron chi connectivity index (χ1n) is 6.90. The van der Waals surface area contributed by atoms with Crippen LogP contribution in [0.25, 0.3) is 0 Å². The van der Waals surface area contributed by atoms with Crippen LogP contribution in [-0.2, 0) is 4.79 Å². The Morgan fingerprint density at radius 3 is 1.82 bits per heavy atom. The number of carbonyl (C=O) groups is 2. The lowest BCUT2D eigenvalue weighted by atomic mass is 10.2. The summed E-state index contributed by atoms with van der Waals surface area (Å²) in [7, 11) is 0.